The monoisotopic (exact) mass is 205 g/mol. The molecule has 0 unspecified atom stereocenters. The number of ether oxygens (including phenoxy) is 1. The molecule has 14 heavy (non-hydrogen) atoms. The Balaban J connectivity index is 3.90. The molecule has 84 valence electrons. The van der Waals surface area contributed by atoms with Gasteiger partial charge in [0.25, 0.3) is 0 Å². The quantitative estimate of drug-likeness (QED) is 0.628. The molecule has 0 aliphatic heterocycles. The average Bonchev–Trinajstić information content (AvgIpc) is 1.94. The van der Waals surface area contributed by atoms with E-state index < -0.39 is 17.6 Å². The van der Waals surface area contributed by atoms with Gasteiger partial charge in [0.2, 0.25) is 0 Å². The fourth-order valence-electron chi connectivity index (χ4n) is 0.862. The van der Waals surface area contributed by atoms with Crippen molar-refractivity contribution >= 4 is 5.97 Å². The Hall–Kier alpha value is -0.650. The molecule has 0 aromatic heterocycles. The topological polar surface area (TPSA) is 70.0 Å². The normalized spacial score (nSPS) is 14.4. The van der Waals surface area contributed by atoms with E-state index in [-0.39, 0.29) is 13.2 Å². The molecule has 0 bridgehead atoms. The molecule has 0 saturated heterocycles. The molecule has 0 aliphatic carbocycles. The molecule has 0 aromatic rings. The third-order valence-electron chi connectivity index (χ3n) is 1.64. The van der Waals surface area contributed by atoms with E-state index in [0.29, 0.717) is 0 Å². The SMILES string of the molecule is CN(C)[C@@H](COCC(C)(C)O)C(=O)O. The molecular weight excluding hydrogens is 186 g/mol. The zero-order valence-electron chi connectivity index (χ0n) is 9.15. The van der Waals surface area contributed by atoms with Crippen molar-refractivity contribution in [2.24, 2.45) is 0 Å². The maximum atomic E-state index is 10.7. The van der Waals surface area contributed by atoms with Crippen molar-refractivity contribution in [3.8, 4) is 0 Å². The maximum absolute atomic E-state index is 10.7. The molecule has 0 heterocycles. The first-order chi connectivity index (χ1) is 6.24. The van der Waals surface area contributed by atoms with E-state index in [1.54, 1.807) is 32.8 Å². The van der Waals surface area contributed by atoms with Gasteiger partial charge in [-0.1, -0.05) is 0 Å². The van der Waals surface area contributed by atoms with Gasteiger partial charge in [-0.2, -0.15) is 0 Å². The van der Waals surface area contributed by atoms with Crippen LogP contribution in [0.3, 0.4) is 0 Å². The Morgan fingerprint density at radius 2 is 2.00 bits per heavy atom. The molecule has 0 aliphatic rings. The highest BCUT2D eigenvalue weighted by molar-refractivity contribution is 5.73. The zero-order valence-corrected chi connectivity index (χ0v) is 9.15. The number of carbonyl (C=O) groups is 1. The van der Waals surface area contributed by atoms with Crippen molar-refractivity contribution in [2.45, 2.75) is 25.5 Å². The predicted octanol–water partition coefficient (Wildman–Crippen LogP) is -0.211. The summed E-state index contributed by atoms with van der Waals surface area (Å²) in [5.41, 5.74) is -0.921. The van der Waals surface area contributed by atoms with E-state index in [0.717, 1.165) is 0 Å². The third kappa shape index (κ3) is 5.90. The highest BCUT2D eigenvalue weighted by Gasteiger charge is 2.21. The van der Waals surface area contributed by atoms with Crippen molar-refractivity contribution in [3.63, 3.8) is 0 Å². The Morgan fingerprint density at radius 1 is 1.50 bits per heavy atom. The number of aliphatic hydroxyl groups is 1. The van der Waals surface area contributed by atoms with Crippen LogP contribution >= 0.6 is 0 Å². The van der Waals surface area contributed by atoms with Gasteiger partial charge in [-0.3, -0.25) is 9.69 Å². The summed E-state index contributed by atoms with van der Waals surface area (Å²) in [5, 5.41) is 18.1. The third-order valence-corrected chi connectivity index (χ3v) is 1.64. The Labute approximate surface area is 84.3 Å². The van der Waals surface area contributed by atoms with Crippen LogP contribution in [0.2, 0.25) is 0 Å². The number of likely N-dealkylation sites (N-methyl/N-ethyl adjacent to an activating group) is 1. The van der Waals surface area contributed by atoms with E-state index in [9.17, 15) is 9.90 Å². The van der Waals surface area contributed by atoms with Crippen LogP contribution in [0.25, 0.3) is 0 Å². The van der Waals surface area contributed by atoms with Crippen molar-refractivity contribution in [2.75, 3.05) is 27.3 Å². The van der Waals surface area contributed by atoms with Gasteiger partial charge >= 0.3 is 5.97 Å². The van der Waals surface area contributed by atoms with Crippen LogP contribution in [-0.4, -0.2) is 60.0 Å². The van der Waals surface area contributed by atoms with E-state index in [2.05, 4.69) is 0 Å². The molecule has 0 radical (unpaired) electrons. The lowest BCUT2D eigenvalue weighted by atomic mass is 10.2. The second-order valence-electron chi connectivity index (χ2n) is 4.15. The highest BCUT2D eigenvalue weighted by atomic mass is 16.5. The van der Waals surface area contributed by atoms with Crippen LogP contribution < -0.4 is 0 Å². The standard InChI is InChI=1S/C9H19NO4/c1-9(2,13)6-14-5-7(8(11)12)10(3)4/h7,13H,5-6H2,1-4H3,(H,11,12)/t7-/m0/s1. The Kier molecular flexibility index (Phi) is 5.04. The second-order valence-corrected chi connectivity index (χ2v) is 4.15. The van der Waals surface area contributed by atoms with Gasteiger partial charge in [0.05, 0.1) is 18.8 Å². The molecule has 0 amide bonds. The molecule has 0 rings (SSSR count). The lowest BCUT2D eigenvalue weighted by Crippen LogP contribution is -2.41. The largest absolute Gasteiger partial charge is 0.480 e. The number of hydrogen-bond donors (Lipinski definition) is 2. The molecule has 2 N–H and O–H groups in total. The van der Waals surface area contributed by atoms with E-state index in [4.69, 9.17) is 9.84 Å². The summed E-state index contributed by atoms with van der Waals surface area (Å²) < 4.78 is 5.11. The highest BCUT2D eigenvalue weighted by Crippen LogP contribution is 2.03. The van der Waals surface area contributed by atoms with Gasteiger partial charge in [0.1, 0.15) is 6.04 Å². The Morgan fingerprint density at radius 3 is 2.29 bits per heavy atom. The predicted molar refractivity (Wildman–Crippen MR) is 52.2 cm³/mol. The van der Waals surface area contributed by atoms with E-state index in [1.165, 1.54) is 0 Å². The number of nitrogens with zero attached hydrogens (tertiary/aromatic N) is 1. The number of hydrogen-bond acceptors (Lipinski definition) is 4. The molecule has 5 heteroatoms. The smallest absolute Gasteiger partial charge is 0.323 e. The second kappa shape index (κ2) is 5.29. The Bertz CT molecular complexity index is 186. The number of carboxylic acids is 1. The first kappa shape index (κ1) is 13.4. The van der Waals surface area contributed by atoms with Crippen LogP contribution in [0.15, 0.2) is 0 Å². The molecule has 1 atom stereocenters. The average molecular weight is 205 g/mol. The summed E-state index contributed by atoms with van der Waals surface area (Å²) in [7, 11) is 3.35. The first-order valence-corrected chi connectivity index (χ1v) is 4.43. The van der Waals surface area contributed by atoms with E-state index >= 15 is 0 Å². The van der Waals surface area contributed by atoms with Crippen LogP contribution in [-0.2, 0) is 9.53 Å². The lowest BCUT2D eigenvalue weighted by Gasteiger charge is -2.22. The summed E-state index contributed by atoms with van der Waals surface area (Å²) >= 11 is 0. The summed E-state index contributed by atoms with van der Waals surface area (Å²) in [6.07, 6.45) is 0. The number of carboxylic acid groups (broad SMARTS) is 1. The lowest BCUT2D eigenvalue weighted by molar-refractivity contribution is -0.145. The summed E-state index contributed by atoms with van der Waals surface area (Å²) in [5.74, 6) is -0.925. The minimum Gasteiger partial charge on any atom is -0.480 e. The number of aliphatic carboxylic acids is 1. The van der Waals surface area contributed by atoms with Gasteiger partial charge in [-0.05, 0) is 27.9 Å². The van der Waals surface area contributed by atoms with Crippen LogP contribution in [0.5, 0.6) is 0 Å². The fraction of sp³-hybridized carbons (Fsp3) is 0.889. The van der Waals surface area contributed by atoms with Crippen molar-refractivity contribution in [1.82, 2.24) is 4.90 Å². The van der Waals surface area contributed by atoms with Gasteiger partial charge < -0.3 is 14.9 Å². The van der Waals surface area contributed by atoms with Crippen LogP contribution in [0.4, 0.5) is 0 Å². The summed E-state index contributed by atoms with van der Waals surface area (Å²) in [6, 6.07) is -0.669. The zero-order chi connectivity index (χ0) is 11.4. The molecule has 0 aromatic carbocycles. The molecule has 5 nitrogen and oxygen atoms in total. The fourth-order valence-corrected chi connectivity index (χ4v) is 0.862. The number of rotatable bonds is 6. The summed E-state index contributed by atoms with van der Waals surface area (Å²) in [4.78, 5) is 12.3. The van der Waals surface area contributed by atoms with Crippen molar-refractivity contribution in [1.29, 1.82) is 0 Å². The van der Waals surface area contributed by atoms with Crippen LogP contribution in [0.1, 0.15) is 13.8 Å². The molecule has 0 spiro atoms. The van der Waals surface area contributed by atoms with Crippen molar-refractivity contribution < 1.29 is 19.7 Å². The minimum absolute atomic E-state index is 0.0757. The molecule has 0 fully saturated rings. The van der Waals surface area contributed by atoms with Gasteiger partial charge in [-0.25, -0.2) is 0 Å². The molecule has 0 saturated carbocycles. The van der Waals surface area contributed by atoms with Gasteiger partial charge in [0.15, 0.2) is 0 Å². The molecular formula is C9H19NO4. The minimum atomic E-state index is -0.925. The first-order valence-electron chi connectivity index (χ1n) is 4.43. The maximum Gasteiger partial charge on any atom is 0.323 e. The van der Waals surface area contributed by atoms with Gasteiger partial charge in [0, 0.05) is 0 Å². The van der Waals surface area contributed by atoms with Crippen molar-refractivity contribution in [3.05, 3.63) is 0 Å². The van der Waals surface area contributed by atoms with E-state index in [1.807, 2.05) is 0 Å². The van der Waals surface area contributed by atoms with Gasteiger partial charge in [-0.15, -0.1) is 0 Å². The van der Waals surface area contributed by atoms with Crippen LogP contribution in [0, 0.1) is 0 Å². The summed E-state index contributed by atoms with van der Waals surface area (Å²) in [6.45, 7) is 3.42.